The SMILES string of the molecule is CCCCCCN1C(=O)C(C#N)=C(C)/C(=C\c2cn(-c3ccccc3)nc2-c2ccc3c(c2)OCCO3)C1=O. The molecular formula is C31H30N4O4. The molecule has 0 spiro atoms. The molecule has 3 heterocycles. The molecule has 2 amide bonds. The Morgan fingerprint density at radius 1 is 1.00 bits per heavy atom. The molecule has 1 aromatic heterocycles. The van der Waals surface area contributed by atoms with E-state index < -0.39 is 11.8 Å². The van der Waals surface area contributed by atoms with Gasteiger partial charge in [0.25, 0.3) is 11.8 Å². The smallest absolute Gasteiger partial charge is 0.271 e. The summed E-state index contributed by atoms with van der Waals surface area (Å²) in [7, 11) is 0. The summed E-state index contributed by atoms with van der Waals surface area (Å²) in [5.41, 5.74) is 3.63. The molecule has 2 aliphatic rings. The summed E-state index contributed by atoms with van der Waals surface area (Å²) in [4.78, 5) is 27.8. The molecule has 0 saturated carbocycles. The first kappa shape index (κ1) is 26.0. The number of hydrogen-bond acceptors (Lipinski definition) is 6. The minimum atomic E-state index is -0.527. The third-order valence-electron chi connectivity index (χ3n) is 6.94. The molecule has 3 aromatic rings. The number of hydrogen-bond donors (Lipinski definition) is 0. The van der Waals surface area contributed by atoms with Crippen LogP contribution in [0.4, 0.5) is 0 Å². The summed E-state index contributed by atoms with van der Waals surface area (Å²) in [6.45, 7) is 5.00. The zero-order chi connectivity index (χ0) is 27.4. The summed E-state index contributed by atoms with van der Waals surface area (Å²) >= 11 is 0. The Kier molecular flexibility index (Phi) is 7.60. The second-order valence-electron chi connectivity index (χ2n) is 9.56. The van der Waals surface area contributed by atoms with Gasteiger partial charge in [0.05, 0.1) is 5.69 Å². The molecule has 2 aromatic carbocycles. The average Bonchev–Trinajstić information content (AvgIpc) is 3.39. The maximum Gasteiger partial charge on any atom is 0.271 e. The molecule has 0 saturated heterocycles. The topological polar surface area (TPSA) is 97.5 Å². The fourth-order valence-electron chi connectivity index (χ4n) is 4.81. The number of rotatable bonds is 8. The van der Waals surface area contributed by atoms with E-state index in [1.54, 1.807) is 17.7 Å². The van der Waals surface area contributed by atoms with Gasteiger partial charge < -0.3 is 9.47 Å². The Labute approximate surface area is 227 Å². The van der Waals surface area contributed by atoms with E-state index in [4.69, 9.17) is 14.6 Å². The summed E-state index contributed by atoms with van der Waals surface area (Å²) in [6, 6.07) is 17.3. The molecule has 2 aliphatic heterocycles. The van der Waals surface area contributed by atoms with Gasteiger partial charge in [-0.2, -0.15) is 10.4 Å². The van der Waals surface area contributed by atoms with Crippen LogP contribution in [0, 0.1) is 11.3 Å². The fraction of sp³-hybridized carbons (Fsp3) is 0.290. The molecule has 0 radical (unpaired) electrons. The van der Waals surface area contributed by atoms with Gasteiger partial charge >= 0.3 is 0 Å². The van der Waals surface area contributed by atoms with E-state index in [1.165, 1.54) is 4.90 Å². The number of carbonyl (C=O) groups is 2. The van der Waals surface area contributed by atoms with Crippen LogP contribution < -0.4 is 9.47 Å². The van der Waals surface area contributed by atoms with E-state index in [9.17, 15) is 14.9 Å². The average molecular weight is 523 g/mol. The first-order valence-electron chi connectivity index (χ1n) is 13.3. The van der Waals surface area contributed by atoms with Crippen molar-refractivity contribution >= 4 is 17.9 Å². The number of unbranched alkanes of at least 4 members (excludes halogenated alkanes) is 3. The molecule has 0 fully saturated rings. The predicted molar refractivity (Wildman–Crippen MR) is 147 cm³/mol. The zero-order valence-electron chi connectivity index (χ0n) is 22.1. The number of para-hydroxylation sites is 1. The molecule has 0 atom stereocenters. The standard InChI is InChI=1S/C31H30N4O4/c1-3-4-5-9-14-34-30(36)25(21(2)26(19-32)31(34)37)17-23-20-35(24-10-7-6-8-11-24)33-29(23)22-12-13-27-28(18-22)39-16-15-38-27/h6-8,10-13,17-18,20H,3-5,9,14-16H2,1-2H3/b25-17+. The maximum absolute atomic E-state index is 13.6. The van der Waals surface area contributed by atoms with Crippen molar-refractivity contribution in [3.63, 3.8) is 0 Å². The van der Waals surface area contributed by atoms with E-state index >= 15 is 0 Å². The fourth-order valence-corrected chi connectivity index (χ4v) is 4.81. The predicted octanol–water partition coefficient (Wildman–Crippen LogP) is 5.48. The lowest BCUT2D eigenvalue weighted by molar-refractivity contribution is -0.140. The Morgan fingerprint density at radius 3 is 2.51 bits per heavy atom. The molecule has 39 heavy (non-hydrogen) atoms. The van der Waals surface area contributed by atoms with Crippen LogP contribution in [0.3, 0.4) is 0 Å². The first-order valence-corrected chi connectivity index (χ1v) is 13.3. The molecule has 8 nitrogen and oxygen atoms in total. The maximum atomic E-state index is 13.6. The van der Waals surface area contributed by atoms with Gasteiger partial charge in [0, 0.05) is 29.4 Å². The monoisotopic (exact) mass is 522 g/mol. The van der Waals surface area contributed by atoms with Gasteiger partial charge in [-0.1, -0.05) is 44.4 Å². The van der Waals surface area contributed by atoms with Gasteiger partial charge in [-0.05, 0) is 55.3 Å². The second kappa shape index (κ2) is 11.4. The number of imide groups is 1. The van der Waals surface area contributed by atoms with E-state index in [1.807, 2.05) is 60.8 Å². The van der Waals surface area contributed by atoms with Crippen molar-refractivity contribution in [1.82, 2.24) is 14.7 Å². The molecular weight excluding hydrogens is 492 g/mol. The first-order chi connectivity index (χ1) is 19.0. The minimum absolute atomic E-state index is 0.00678. The molecule has 8 heteroatoms. The largest absolute Gasteiger partial charge is 0.486 e. The number of benzene rings is 2. The third-order valence-corrected chi connectivity index (χ3v) is 6.94. The van der Waals surface area contributed by atoms with Crippen molar-refractivity contribution in [2.75, 3.05) is 19.8 Å². The van der Waals surface area contributed by atoms with E-state index in [0.29, 0.717) is 53.5 Å². The number of ether oxygens (including phenoxy) is 2. The molecule has 0 unspecified atom stereocenters. The van der Waals surface area contributed by atoms with Crippen LogP contribution in [-0.2, 0) is 9.59 Å². The lowest BCUT2D eigenvalue weighted by Gasteiger charge is -2.27. The van der Waals surface area contributed by atoms with Crippen LogP contribution >= 0.6 is 0 Å². The lowest BCUT2D eigenvalue weighted by Crippen LogP contribution is -2.43. The van der Waals surface area contributed by atoms with Gasteiger partial charge in [0.2, 0.25) is 0 Å². The van der Waals surface area contributed by atoms with Crippen molar-refractivity contribution in [2.45, 2.75) is 39.5 Å². The number of fused-ring (bicyclic) bond motifs is 1. The normalized spacial score (nSPS) is 16.1. The Morgan fingerprint density at radius 2 is 1.77 bits per heavy atom. The molecule has 0 N–H and O–H groups in total. The molecule has 198 valence electrons. The number of carbonyl (C=O) groups excluding carboxylic acids is 2. The zero-order valence-corrected chi connectivity index (χ0v) is 22.1. The lowest BCUT2D eigenvalue weighted by atomic mass is 9.93. The highest BCUT2D eigenvalue weighted by Crippen LogP contribution is 2.37. The Hall–Kier alpha value is -4.64. The minimum Gasteiger partial charge on any atom is -0.486 e. The third kappa shape index (κ3) is 5.21. The number of aromatic nitrogens is 2. The van der Waals surface area contributed by atoms with E-state index in [-0.39, 0.29) is 12.1 Å². The second-order valence-corrected chi connectivity index (χ2v) is 9.56. The highest BCUT2D eigenvalue weighted by molar-refractivity contribution is 6.19. The number of amides is 2. The Balaban J connectivity index is 1.61. The highest BCUT2D eigenvalue weighted by atomic mass is 16.6. The molecule has 0 bridgehead atoms. The van der Waals surface area contributed by atoms with Crippen LogP contribution in [0.15, 0.2) is 71.4 Å². The van der Waals surface area contributed by atoms with Gasteiger partial charge in [-0.15, -0.1) is 0 Å². The van der Waals surface area contributed by atoms with Crippen LogP contribution in [0.5, 0.6) is 11.5 Å². The number of nitriles is 1. The van der Waals surface area contributed by atoms with E-state index in [0.717, 1.165) is 30.5 Å². The van der Waals surface area contributed by atoms with Gasteiger partial charge in [-0.25, -0.2) is 4.68 Å². The number of nitrogens with zero attached hydrogens (tertiary/aromatic N) is 4. The highest BCUT2D eigenvalue weighted by Gasteiger charge is 2.35. The van der Waals surface area contributed by atoms with Crippen LogP contribution in [0.2, 0.25) is 0 Å². The van der Waals surface area contributed by atoms with Crippen molar-refractivity contribution < 1.29 is 19.1 Å². The Bertz CT molecular complexity index is 1510. The van der Waals surface area contributed by atoms with Crippen molar-refractivity contribution in [1.29, 1.82) is 5.26 Å². The van der Waals surface area contributed by atoms with Crippen molar-refractivity contribution in [2.24, 2.45) is 0 Å². The summed E-state index contributed by atoms with van der Waals surface area (Å²) in [5.74, 6) is 0.380. The van der Waals surface area contributed by atoms with Crippen LogP contribution in [-0.4, -0.2) is 46.3 Å². The van der Waals surface area contributed by atoms with Crippen molar-refractivity contribution in [3.8, 4) is 34.5 Å². The summed E-state index contributed by atoms with van der Waals surface area (Å²) < 4.78 is 13.2. The van der Waals surface area contributed by atoms with Gasteiger partial charge in [0.15, 0.2) is 11.5 Å². The van der Waals surface area contributed by atoms with Crippen molar-refractivity contribution in [3.05, 3.63) is 77.0 Å². The quantitative estimate of drug-likeness (QED) is 0.221. The van der Waals surface area contributed by atoms with E-state index in [2.05, 4.69) is 6.92 Å². The van der Waals surface area contributed by atoms with Gasteiger partial charge in [-0.3, -0.25) is 14.5 Å². The summed E-state index contributed by atoms with van der Waals surface area (Å²) in [6.07, 6.45) is 7.27. The van der Waals surface area contributed by atoms with Crippen LogP contribution in [0.1, 0.15) is 45.1 Å². The van der Waals surface area contributed by atoms with Crippen LogP contribution in [0.25, 0.3) is 23.0 Å². The summed E-state index contributed by atoms with van der Waals surface area (Å²) in [5, 5.41) is 14.7. The molecule has 5 rings (SSSR count). The van der Waals surface area contributed by atoms with Gasteiger partial charge in [0.1, 0.15) is 30.6 Å². The molecule has 0 aliphatic carbocycles.